The first-order valence-electron chi connectivity index (χ1n) is 7.74. The molecule has 1 aromatic heterocycles. The molecule has 1 aliphatic rings. The number of para-hydroxylation sites is 1. The van der Waals surface area contributed by atoms with Crippen LogP contribution < -0.4 is 5.32 Å². The van der Waals surface area contributed by atoms with Gasteiger partial charge in [-0.3, -0.25) is 0 Å². The van der Waals surface area contributed by atoms with Crippen molar-refractivity contribution in [3.63, 3.8) is 0 Å². The van der Waals surface area contributed by atoms with Crippen LogP contribution in [0.15, 0.2) is 34.7 Å². The fourth-order valence-corrected chi connectivity index (χ4v) is 2.60. The number of nitrogens with one attached hydrogen (secondary N) is 1. The van der Waals surface area contributed by atoms with Crippen molar-refractivity contribution in [2.45, 2.75) is 31.9 Å². The van der Waals surface area contributed by atoms with Crippen LogP contribution >= 0.6 is 0 Å². The van der Waals surface area contributed by atoms with Gasteiger partial charge in [-0.05, 0) is 38.4 Å². The lowest BCUT2D eigenvalue weighted by Gasteiger charge is -2.12. The van der Waals surface area contributed by atoms with Crippen LogP contribution in [0.25, 0.3) is 11.0 Å². The lowest BCUT2D eigenvalue weighted by Crippen LogP contribution is -2.22. The molecule has 4 heteroatoms. The largest absolute Gasteiger partial charge is 0.459 e. The van der Waals surface area contributed by atoms with Crippen LogP contribution in [-0.4, -0.2) is 32.5 Å². The van der Waals surface area contributed by atoms with E-state index in [1.54, 1.807) is 0 Å². The SMILES string of the molecule is CC(NCCCOC1CCOC1)c1cc2ccccc2o1. The van der Waals surface area contributed by atoms with Crippen molar-refractivity contribution in [1.82, 2.24) is 5.32 Å². The lowest BCUT2D eigenvalue weighted by molar-refractivity contribution is 0.0413. The molecule has 1 N–H and O–H groups in total. The highest BCUT2D eigenvalue weighted by Crippen LogP contribution is 2.23. The quantitative estimate of drug-likeness (QED) is 0.794. The number of rotatable bonds is 7. The molecule has 0 amide bonds. The van der Waals surface area contributed by atoms with Gasteiger partial charge in [-0.2, -0.15) is 0 Å². The van der Waals surface area contributed by atoms with Gasteiger partial charge in [0.2, 0.25) is 0 Å². The Labute approximate surface area is 125 Å². The van der Waals surface area contributed by atoms with Crippen molar-refractivity contribution in [3.8, 4) is 0 Å². The molecule has 21 heavy (non-hydrogen) atoms. The molecule has 1 fully saturated rings. The van der Waals surface area contributed by atoms with Crippen LogP contribution in [0.4, 0.5) is 0 Å². The Morgan fingerprint density at radius 3 is 3.10 bits per heavy atom. The summed E-state index contributed by atoms with van der Waals surface area (Å²) in [6.45, 7) is 5.43. The molecule has 0 saturated carbocycles. The predicted molar refractivity (Wildman–Crippen MR) is 82.4 cm³/mol. The fourth-order valence-electron chi connectivity index (χ4n) is 2.60. The smallest absolute Gasteiger partial charge is 0.134 e. The first-order chi connectivity index (χ1) is 10.3. The van der Waals surface area contributed by atoms with Gasteiger partial charge in [0.15, 0.2) is 0 Å². The summed E-state index contributed by atoms with van der Waals surface area (Å²) in [4.78, 5) is 0. The third-order valence-corrected chi connectivity index (χ3v) is 3.88. The van der Waals surface area contributed by atoms with Crippen LogP contribution in [0.5, 0.6) is 0 Å². The Kier molecular flexibility index (Phi) is 4.91. The molecular formula is C17H23NO3. The second kappa shape index (κ2) is 7.07. The maximum Gasteiger partial charge on any atom is 0.134 e. The predicted octanol–water partition coefficient (Wildman–Crippen LogP) is 3.28. The molecule has 0 spiro atoms. The van der Waals surface area contributed by atoms with Crippen LogP contribution in [0.2, 0.25) is 0 Å². The summed E-state index contributed by atoms with van der Waals surface area (Å²) in [5.74, 6) is 0.987. The Bertz CT molecular complexity index is 527. The van der Waals surface area contributed by atoms with E-state index >= 15 is 0 Å². The van der Waals surface area contributed by atoms with Gasteiger partial charge in [-0.15, -0.1) is 0 Å². The minimum Gasteiger partial charge on any atom is -0.459 e. The number of fused-ring (bicyclic) bond motifs is 1. The molecule has 2 unspecified atom stereocenters. The monoisotopic (exact) mass is 289 g/mol. The van der Waals surface area contributed by atoms with E-state index in [9.17, 15) is 0 Å². The molecule has 3 rings (SSSR count). The first-order valence-corrected chi connectivity index (χ1v) is 7.74. The summed E-state index contributed by atoms with van der Waals surface area (Å²) in [5, 5.41) is 4.64. The van der Waals surface area contributed by atoms with Crippen molar-refractivity contribution in [1.29, 1.82) is 0 Å². The van der Waals surface area contributed by atoms with Crippen molar-refractivity contribution < 1.29 is 13.9 Å². The van der Waals surface area contributed by atoms with E-state index in [0.717, 1.165) is 55.9 Å². The highest BCUT2D eigenvalue weighted by molar-refractivity contribution is 5.77. The Morgan fingerprint density at radius 1 is 1.38 bits per heavy atom. The number of benzene rings is 1. The van der Waals surface area contributed by atoms with E-state index < -0.39 is 0 Å². The summed E-state index contributed by atoms with van der Waals surface area (Å²) in [5.41, 5.74) is 0.950. The van der Waals surface area contributed by atoms with Crippen LogP contribution in [0.1, 0.15) is 31.6 Å². The van der Waals surface area contributed by atoms with Crippen molar-refractivity contribution in [2.75, 3.05) is 26.4 Å². The van der Waals surface area contributed by atoms with Gasteiger partial charge in [0.05, 0.1) is 18.8 Å². The highest BCUT2D eigenvalue weighted by atomic mass is 16.5. The zero-order valence-corrected chi connectivity index (χ0v) is 12.5. The number of hydrogen-bond acceptors (Lipinski definition) is 4. The average Bonchev–Trinajstić information content (AvgIpc) is 3.15. The Morgan fingerprint density at radius 2 is 2.29 bits per heavy atom. The molecule has 0 bridgehead atoms. The van der Waals surface area contributed by atoms with Gasteiger partial charge in [0.1, 0.15) is 11.3 Å². The highest BCUT2D eigenvalue weighted by Gasteiger charge is 2.15. The van der Waals surface area contributed by atoms with E-state index in [1.807, 2.05) is 18.2 Å². The van der Waals surface area contributed by atoms with Gasteiger partial charge in [-0.25, -0.2) is 0 Å². The molecule has 0 aliphatic carbocycles. The molecule has 0 radical (unpaired) electrons. The molecule has 1 aliphatic heterocycles. The molecule has 2 atom stereocenters. The standard InChI is InChI=1S/C17H23NO3/c1-13(17-11-14-5-2-3-6-16(14)21-17)18-8-4-9-20-15-7-10-19-12-15/h2-3,5-6,11,13,15,18H,4,7-10,12H2,1H3. The van der Waals surface area contributed by atoms with Gasteiger partial charge in [-0.1, -0.05) is 18.2 Å². The molecule has 2 heterocycles. The topological polar surface area (TPSA) is 43.6 Å². The number of furan rings is 1. The van der Waals surface area contributed by atoms with Gasteiger partial charge >= 0.3 is 0 Å². The minimum absolute atomic E-state index is 0.215. The third kappa shape index (κ3) is 3.84. The van der Waals surface area contributed by atoms with Crippen molar-refractivity contribution >= 4 is 11.0 Å². The average molecular weight is 289 g/mol. The molecule has 1 aromatic carbocycles. The van der Waals surface area contributed by atoms with E-state index in [1.165, 1.54) is 0 Å². The maximum atomic E-state index is 5.86. The third-order valence-electron chi connectivity index (χ3n) is 3.88. The second-order valence-electron chi connectivity index (χ2n) is 5.57. The van der Waals surface area contributed by atoms with E-state index in [0.29, 0.717) is 6.10 Å². The Hall–Kier alpha value is -1.36. The van der Waals surface area contributed by atoms with Crippen LogP contribution in [-0.2, 0) is 9.47 Å². The Balaban J connectivity index is 1.40. The van der Waals surface area contributed by atoms with Gasteiger partial charge < -0.3 is 19.2 Å². The summed E-state index contributed by atoms with van der Waals surface area (Å²) >= 11 is 0. The summed E-state index contributed by atoms with van der Waals surface area (Å²) in [6, 6.07) is 10.4. The van der Waals surface area contributed by atoms with E-state index in [4.69, 9.17) is 13.9 Å². The molecule has 4 nitrogen and oxygen atoms in total. The maximum absolute atomic E-state index is 5.86. The van der Waals surface area contributed by atoms with Crippen LogP contribution in [0.3, 0.4) is 0 Å². The first kappa shape index (κ1) is 14.6. The summed E-state index contributed by atoms with van der Waals surface area (Å²) < 4.78 is 16.9. The molecule has 2 aromatic rings. The number of ether oxygens (including phenoxy) is 2. The zero-order valence-electron chi connectivity index (χ0n) is 12.5. The summed E-state index contributed by atoms with van der Waals surface area (Å²) in [6.07, 6.45) is 2.34. The molecular weight excluding hydrogens is 266 g/mol. The minimum atomic E-state index is 0.215. The van der Waals surface area contributed by atoms with E-state index in [-0.39, 0.29) is 6.04 Å². The van der Waals surface area contributed by atoms with Gasteiger partial charge in [0.25, 0.3) is 0 Å². The van der Waals surface area contributed by atoms with Crippen molar-refractivity contribution in [2.24, 2.45) is 0 Å². The van der Waals surface area contributed by atoms with Crippen LogP contribution in [0, 0.1) is 0 Å². The normalized spacial score (nSPS) is 20.1. The zero-order chi connectivity index (χ0) is 14.5. The van der Waals surface area contributed by atoms with E-state index in [2.05, 4.69) is 24.4 Å². The van der Waals surface area contributed by atoms with Crippen molar-refractivity contribution in [3.05, 3.63) is 36.1 Å². The fraction of sp³-hybridized carbons (Fsp3) is 0.529. The lowest BCUT2D eigenvalue weighted by atomic mass is 10.2. The number of hydrogen-bond donors (Lipinski definition) is 1. The van der Waals surface area contributed by atoms with Gasteiger partial charge in [0, 0.05) is 18.6 Å². The second-order valence-corrected chi connectivity index (χ2v) is 5.57. The molecule has 114 valence electrons. The molecule has 1 saturated heterocycles. The summed E-state index contributed by atoms with van der Waals surface area (Å²) in [7, 11) is 0.